The van der Waals surface area contributed by atoms with Gasteiger partial charge in [0.2, 0.25) is 0 Å². The lowest BCUT2D eigenvalue weighted by Crippen LogP contribution is -2.39. The van der Waals surface area contributed by atoms with Crippen LogP contribution in [-0.2, 0) is 9.53 Å². The third kappa shape index (κ3) is 3.73. The van der Waals surface area contributed by atoms with E-state index < -0.39 is 6.09 Å². The number of ether oxygens (including phenoxy) is 1. The first-order valence-corrected chi connectivity index (χ1v) is 5.97. The molecule has 0 bridgehead atoms. The average molecular weight is 237 g/mol. The highest BCUT2D eigenvalue weighted by Crippen LogP contribution is 2.19. The zero-order valence-corrected chi connectivity index (χ0v) is 10.2. The zero-order chi connectivity index (χ0) is 12.7. The lowest BCUT2D eigenvalue weighted by atomic mass is 10.0. The Labute approximate surface area is 102 Å². The van der Waals surface area contributed by atoms with Crippen LogP contribution in [0.2, 0.25) is 0 Å². The second-order valence-electron chi connectivity index (χ2n) is 4.00. The Balaban J connectivity index is 2.57. The molecule has 0 aromatic carbocycles. The number of hydrogen-bond acceptors (Lipinski definition) is 3. The standard InChI is InChI=1S/C13H19NO3/c1-3-5-6-7-9-11(8-4-2)14-12(15)10-17-13(14)16/h3,5-6,11H,1,4,7-10H2,2H3/b6-5+. The first-order chi connectivity index (χ1) is 8.20. The van der Waals surface area contributed by atoms with Gasteiger partial charge >= 0.3 is 6.09 Å². The molecule has 0 saturated carbocycles. The van der Waals surface area contributed by atoms with E-state index in [1.165, 1.54) is 4.90 Å². The molecule has 0 N–H and O–H groups in total. The van der Waals surface area contributed by atoms with Gasteiger partial charge in [0, 0.05) is 6.04 Å². The smallest absolute Gasteiger partial charge is 0.417 e. The van der Waals surface area contributed by atoms with E-state index in [1.807, 2.05) is 19.1 Å². The molecule has 1 heterocycles. The fourth-order valence-electron chi connectivity index (χ4n) is 1.93. The predicted molar refractivity (Wildman–Crippen MR) is 65.5 cm³/mol. The monoisotopic (exact) mass is 237 g/mol. The lowest BCUT2D eigenvalue weighted by molar-refractivity contribution is -0.127. The van der Waals surface area contributed by atoms with Crippen LogP contribution in [0.1, 0.15) is 32.6 Å². The quantitative estimate of drug-likeness (QED) is 0.639. The van der Waals surface area contributed by atoms with E-state index >= 15 is 0 Å². The maximum Gasteiger partial charge on any atom is 0.417 e. The summed E-state index contributed by atoms with van der Waals surface area (Å²) in [5.41, 5.74) is 0. The van der Waals surface area contributed by atoms with Gasteiger partial charge in [-0.25, -0.2) is 9.69 Å². The van der Waals surface area contributed by atoms with Crippen molar-refractivity contribution in [1.29, 1.82) is 0 Å². The SMILES string of the molecule is C=C/C=C/CCC(CCC)N1C(=O)COC1=O. The molecule has 0 spiro atoms. The largest absolute Gasteiger partial charge is 0.439 e. The number of cyclic esters (lactones) is 1. The number of rotatable bonds is 7. The fraction of sp³-hybridized carbons (Fsp3) is 0.538. The molecule has 1 unspecified atom stereocenters. The van der Waals surface area contributed by atoms with Crippen LogP contribution in [0, 0.1) is 0 Å². The summed E-state index contributed by atoms with van der Waals surface area (Å²) in [6.07, 6.45) is 8.43. The maximum absolute atomic E-state index is 11.5. The van der Waals surface area contributed by atoms with Crippen LogP contribution in [0.15, 0.2) is 24.8 Å². The summed E-state index contributed by atoms with van der Waals surface area (Å²) in [4.78, 5) is 24.2. The van der Waals surface area contributed by atoms with E-state index in [1.54, 1.807) is 6.08 Å². The summed E-state index contributed by atoms with van der Waals surface area (Å²) in [6, 6.07) is -0.0445. The Kier molecular flexibility index (Phi) is 5.46. The van der Waals surface area contributed by atoms with Gasteiger partial charge in [0.05, 0.1) is 0 Å². The molecule has 0 radical (unpaired) electrons. The zero-order valence-electron chi connectivity index (χ0n) is 10.2. The molecule has 1 saturated heterocycles. The predicted octanol–water partition coefficient (Wildman–Crippen LogP) is 2.66. The third-order valence-electron chi connectivity index (χ3n) is 2.71. The number of carbonyl (C=O) groups excluding carboxylic acids is 2. The molecule has 0 aromatic heterocycles. The molecular weight excluding hydrogens is 218 g/mol. The van der Waals surface area contributed by atoms with E-state index in [-0.39, 0.29) is 18.6 Å². The number of hydrogen-bond donors (Lipinski definition) is 0. The molecular formula is C13H19NO3. The van der Waals surface area contributed by atoms with Crippen molar-refractivity contribution in [2.45, 2.75) is 38.6 Å². The highest BCUT2D eigenvalue weighted by atomic mass is 16.6. The minimum atomic E-state index is -0.499. The van der Waals surface area contributed by atoms with Gasteiger partial charge in [0.25, 0.3) is 5.91 Å². The molecule has 17 heavy (non-hydrogen) atoms. The molecule has 1 rings (SSSR count). The van der Waals surface area contributed by atoms with Crippen molar-refractivity contribution in [1.82, 2.24) is 4.90 Å². The Morgan fingerprint density at radius 3 is 2.76 bits per heavy atom. The number of allylic oxidation sites excluding steroid dienone is 3. The van der Waals surface area contributed by atoms with Crippen molar-refractivity contribution in [3.63, 3.8) is 0 Å². The summed E-state index contributed by atoms with van der Waals surface area (Å²) in [5, 5.41) is 0. The van der Waals surface area contributed by atoms with Crippen LogP contribution < -0.4 is 0 Å². The second kappa shape index (κ2) is 6.89. The number of imide groups is 1. The molecule has 94 valence electrons. The van der Waals surface area contributed by atoms with Crippen LogP contribution in [-0.4, -0.2) is 29.5 Å². The first kappa shape index (κ1) is 13.5. The van der Waals surface area contributed by atoms with E-state index in [4.69, 9.17) is 4.74 Å². The lowest BCUT2D eigenvalue weighted by Gasteiger charge is -2.23. The van der Waals surface area contributed by atoms with Crippen molar-refractivity contribution in [2.24, 2.45) is 0 Å². The van der Waals surface area contributed by atoms with Crippen LogP contribution >= 0.6 is 0 Å². The van der Waals surface area contributed by atoms with Gasteiger partial charge in [-0.2, -0.15) is 0 Å². The summed E-state index contributed by atoms with van der Waals surface area (Å²) in [5.74, 6) is -0.221. The van der Waals surface area contributed by atoms with Crippen molar-refractivity contribution < 1.29 is 14.3 Å². The minimum absolute atomic E-state index is 0.0445. The van der Waals surface area contributed by atoms with Gasteiger partial charge in [0.15, 0.2) is 6.61 Å². The van der Waals surface area contributed by atoms with Gasteiger partial charge < -0.3 is 4.74 Å². The molecule has 1 fully saturated rings. The Hall–Kier alpha value is -1.58. The minimum Gasteiger partial charge on any atom is -0.439 e. The number of carbonyl (C=O) groups is 2. The van der Waals surface area contributed by atoms with Gasteiger partial charge in [-0.1, -0.05) is 38.2 Å². The van der Waals surface area contributed by atoms with E-state index in [0.717, 1.165) is 25.7 Å². The second-order valence-corrected chi connectivity index (χ2v) is 4.00. The van der Waals surface area contributed by atoms with Gasteiger partial charge in [-0.05, 0) is 19.3 Å². The van der Waals surface area contributed by atoms with Crippen LogP contribution in [0.4, 0.5) is 4.79 Å². The summed E-state index contributed by atoms with van der Waals surface area (Å²) in [7, 11) is 0. The molecule has 1 atom stereocenters. The normalized spacial score (nSPS) is 17.6. The molecule has 0 aliphatic carbocycles. The van der Waals surface area contributed by atoms with Crippen molar-refractivity contribution in [3.05, 3.63) is 24.8 Å². The Morgan fingerprint density at radius 2 is 2.24 bits per heavy atom. The summed E-state index contributed by atoms with van der Waals surface area (Å²) >= 11 is 0. The number of nitrogens with zero attached hydrogens (tertiary/aromatic N) is 1. The van der Waals surface area contributed by atoms with E-state index in [2.05, 4.69) is 6.58 Å². The van der Waals surface area contributed by atoms with Crippen LogP contribution in [0.5, 0.6) is 0 Å². The Morgan fingerprint density at radius 1 is 1.47 bits per heavy atom. The van der Waals surface area contributed by atoms with Gasteiger partial charge in [-0.3, -0.25) is 4.79 Å². The topological polar surface area (TPSA) is 46.6 Å². The molecule has 0 aromatic rings. The third-order valence-corrected chi connectivity index (χ3v) is 2.71. The summed E-state index contributed by atoms with van der Waals surface area (Å²) in [6.45, 7) is 5.52. The number of amides is 2. The Bertz CT molecular complexity index is 307. The fourth-order valence-corrected chi connectivity index (χ4v) is 1.93. The van der Waals surface area contributed by atoms with E-state index in [9.17, 15) is 9.59 Å². The van der Waals surface area contributed by atoms with E-state index in [0.29, 0.717) is 0 Å². The first-order valence-electron chi connectivity index (χ1n) is 5.97. The maximum atomic E-state index is 11.5. The van der Waals surface area contributed by atoms with Crippen LogP contribution in [0.25, 0.3) is 0 Å². The van der Waals surface area contributed by atoms with Crippen LogP contribution in [0.3, 0.4) is 0 Å². The highest BCUT2D eigenvalue weighted by molar-refractivity contribution is 5.98. The van der Waals surface area contributed by atoms with Crippen molar-refractivity contribution >= 4 is 12.0 Å². The molecule has 4 heteroatoms. The summed E-state index contributed by atoms with van der Waals surface area (Å²) < 4.78 is 4.74. The average Bonchev–Trinajstić information content (AvgIpc) is 2.63. The van der Waals surface area contributed by atoms with Gasteiger partial charge in [-0.15, -0.1) is 0 Å². The molecule has 4 nitrogen and oxygen atoms in total. The molecule has 2 amide bonds. The van der Waals surface area contributed by atoms with Gasteiger partial charge in [0.1, 0.15) is 0 Å². The molecule has 1 aliphatic heterocycles. The molecule has 1 aliphatic rings. The van der Waals surface area contributed by atoms with Crippen molar-refractivity contribution in [2.75, 3.05) is 6.61 Å². The highest BCUT2D eigenvalue weighted by Gasteiger charge is 2.36. The van der Waals surface area contributed by atoms with Crippen molar-refractivity contribution in [3.8, 4) is 0 Å².